The van der Waals surface area contributed by atoms with Crippen LogP contribution in [0.1, 0.15) is 11.1 Å². The summed E-state index contributed by atoms with van der Waals surface area (Å²) in [5, 5.41) is 3.46. The first-order valence-corrected chi connectivity index (χ1v) is 4.55. The maximum Gasteiger partial charge on any atom is 0.416 e. The lowest BCUT2D eigenvalue weighted by molar-refractivity contribution is -0.137. The zero-order valence-corrected chi connectivity index (χ0v) is 8.38. The van der Waals surface area contributed by atoms with Gasteiger partial charge in [-0.25, -0.2) is 0 Å². The Kier molecular flexibility index (Phi) is 2.46. The maximum absolute atomic E-state index is 12.6. The van der Waals surface area contributed by atoms with Gasteiger partial charge < -0.3 is 4.52 Å². The predicted octanol–water partition coefficient (Wildman–Crippen LogP) is 3.67. The molecule has 5 heteroatoms. The Labute approximate surface area is 89.7 Å². The number of aryl methyl sites for hydroxylation is 1. The smallest absolute Gasteiger partial charge is 0.364 e. The molecular weight excluding hydrogens is 219 g/mol. The van der Waals surface area contributed by atoms with Crippen molar-refractivity contribution in [3.63, 3.8) is 0 Å². The summed E-state index contributed by atoms with van der Waals surface area (Å²) in [7, 11) is 0. The van der Waals surface area contributed by atoms with E-state index in [2.05, 4.69) is 9.68 Å². The molecular formula is C11H8F3NO. The Morgan fingerprint density at radius 3 is 2.44 bits per heavy atom. The largest absolute Gasteiger partial charge is 0.416 e. The Balaban J connectivity index is 2.53. The van der Waals surface area contributed by atoms with Gasteiger partial charge in [0.1, 0.15) is 6.26 Å². The molecule has 0 unspecified atom stereocenters. The van der Waals surface area contributed by atoms with Crippen LogP contribution in [0.3, 0.4) is 0 Å². The zero-order chi connectivity index (χ0) is 11.8. The molecule has 0 atom stereocenters. The topological polar surface area (TPSA) is 26.0 Å². The summed E-state index contributed by atoms with van der Waals surface area (Å²) in [6.45, 7) is 1.62. The standard InChI is InChI=1S/C11H8F3NO/c1-7-2-8(9-5-15-16-6-9)4-10(3-7)11(12,13)14/h2-6H,1H3. The van der Waals surface area contributed by atoms with Crippen molar-refractivity contribution in [2.24, 2.45) is 0 Å². The van der Waals surface area contributed by atoms with Crippen LogP contribution in [0.15, 0.2) is 35.2 Å². The molecule has 2 nitrogen and oxygen atoms in total. The predicted molar refractivity (Wildman–Crippen MR) is 51.7 cm³/mol. The number of aromatic nitrogens is 1. The number of hydrogen-bond acceptors (Lipinski definition) is 2. The lowest BCUT2D eigenvalue weighted by atomic mass is 10.0. The van der Waals surface area contributed by atoms with Crippen LogP contribution in [0, 0.1) is 6.92 Å². The number of nitrogens with zero attached hydrogens (tertiary/aromatic N) is 1. The van der Waals surface area contributed by atoms with E-state index in [1.807, 2.05) is 0 Å². The third kappa shape index (κ3) is 2.08. The van der Waals surface area contributed by atoms with Crippen molar-refractivity contribution in [2.75, 3.05) is 0 Å². The summed E-state index contributed by atoms with van der Waals surface area (Å²) in [5.41, 5.74) is 0.873. The fourth-order valence-electron chi connectivity index (χ4n) is 1.46. The molecule has 2 aromatic rings. The summed E-state index contributed by atoms with van der Waals surface area (Å²) in [5.74, 6) is 0. The van der Waals surface area contributed by atoms with Crippen molar-refractivity contribution in [1.82, 2.24) is 5.16 Å². The van der Waals surface area contributed by atoms with E-state index in [0.29, 0.717) is 16.7 Å². The summed E-state index contributed by atoms with van der Waals surface area (Å²) in [6, 6.07) is 3.85. The first-order chi connectivity index (χ1) is 7.47. The highest BCUT2D eigenvalue weighted by Gasteiger charge is 2.31. The second-order valence-electron chi connectivity index (χ2n) is 3.50. The summed E-state index contributed by atoms with van der Waals surface area (Å²) in [4.78, 5) is 0. The molecule has 84 valence electrons. The highest BCUT2D eigenvalue weighted by molar-refractivity contribution is 5.63. The molecule has 0 saturated carbocycles. The first-order valence-electron chi connectivity index (χ1n) is 4.55. The molecule has 0 amide bonds. The number of rotatable bonds is 1. The van der Waals surface area contributed by atoms with E-state index in [1.165, 1.54) is 12.5 Å². The van der Waals surface area contributed by atoms with Crippen LogP contribution < -0.4 is 0 Å². The molecule has 0 aliphatic heterocycles. The molecule has 0 fully saturated rings. The fourth-order valence-corrected chi connectivity index (χ4v) is 1.46. The van der Waals surface area contributed by atoms with Crippen LogP contribution in [0.4, 0.5) is 13.2 Å². The molecule has 0 aliphatic carbocycles. The second kappa shape index (κ2) is 3.66. The second-order valence-corrected chi connectivity index (χ2v) is 3.50. The Morgan fingerprint density at radius 1 is 1.12 bits per heavy atom. The van der Waals surface area contributed by atoms with Crippen LogP contribution in [0.2, 0.25) is 0 Å². The van der Waals surface area contributed by atoms with Crippen molar-refractivity contribution < 1.29 is 17.7 Å². The average Bonchev–Trinajstić information content (AvgIpc) is 2.68. The molecule has 0 radical (unpaired) electrons. The van der Waals surface area contributed by atoms with Gasteiger partial charge in [-0.05, 0) is 30.2 Å². The van der Waals surface area contributed by atoms with E-state index in [9.17, 15) is 13.2 Å². The lowest BCUT2D eigenvalue weighted by Gasteiger charge is -2.09. The van der Waals surface area contributed by atoms with Crippen LogP contribution in [-0.2, 0) is 6.18 Å². The van der Waals surface area contributed by atoms with E-state index < -0.39 is 11.7 Å². The molecule has 1 aromatic carbocycles. The summed E-state index contributed by atoms with van der Waals surface area (Å²) in [6.07, 6.45) is -1.64. The van der Waals surface area contributed by atoms with E-state index >= 15 is 0 Å². The maximum atomic E-state index is 12.6. The molecule has 0 spiro atoms. The van der Waals surface area contributed by atoms with Gasteiger partial charge in [0.25, 0.3) is 0 Å². The molecule has 16 heavy (non-hydrogen) atoms. The third-order valence-corrected chi connectivity index (χ3v) is 2.17. The third-order valence-electron chi connectivity index (χ3n) is 2.17. The lowest BCUT2D eigenvalue weighted by Crippen LogP contribution is -2.05. The van der Waals surface area contributed by atoms with Crippen molar-refractivity contribution in [3.05, 3.63) is 41.8 Å². The summed E-state index contributed by atoms with van der Waals surface area (Å²) < 4.78 is 42.3. The van der Waals surface area contributed by atoms with Crippen LogP contribution in [0.5, 0.6) is 0 Å². The Hall–Kier alpha value is -1.78. The minimum atomic E-state index is -4.34. The van der Waals surface area contributed by atoms with E-state index in [1.54, 1.807) is 13.0 Å². The summed E-state index contributed by atoms with van der Waals surface area (Å²) >= 11 is 0. The molecule has 0 aliphatic rings. The van der Waals surface area contributed by atoms with Crippen LogP contribution >= 0.6 is 0 Å². The van der Waals surface area contributed by atoms with Gasteiger partial charge in [-0.1, -0.05) is 11.2 Å². The first kappa shape index (κ1) is 10.7. The van der Waals surface area contributed by atoms with Crippen molar-refractivity contribution in [1.29, 1.82) is 0 Å². The van der Waals surface area contributed by atoms with Crippen molar-refractivity contribution >= 4 is 0 Å². The minimum absolute atomic E-state index is 0.452. The SMILES string of the molecule is Cc1cc(-c2cnoc2)cc(C(F)(F)F)c1. The molecule has 0 bridgehead atoms. The molecule has 0 saturated heterocycles. The van der Waals surface area contributed by atoms with E-state index in [-0.39, 0.29) is 0 Å². The quantitative estimate of drug-likeness (QED) is 0.742. The van der Waals surface area contributed by atoms with Gasteiger partial charge in [0, 0.05) is 5.56 Å². The van der Waals surface area contributed by atoms with E-state index in [4.69, 9.17) is 0 Å². The fraction of sp³-hybridized carbons (Fsp3) is 0.182. The zero-order valence-electron chi connectivity index (χ0n) is 8.38. The van der Waals surface area contributed by atoms with Crippen LogP contribution in [0.25, 0.3) is 11.1 Å². The molecule has 1 aromatic heterocycles. The van der Waals surface area contributed by atoms with Gasteiger partial charge in [0.2, 0.25) is 0 Å². The minimum Gasteiger partial charge on any atom is -0.364 e. The van der Waals surface area contributed by atoms with E-state index in [0.717, 1.165) is 12.1 Å². The van der Waals surface area contributed by atoms with Gasteiger partial charge in [-0.2, -0.15) is 13.2 Å². The van der Waals surface area contributed by atoms with Crippen molar-refractivity contribution in [2.45, 2.75) is 13.1 Å². The normalized spacial score (nSPS) is 11.8. The number of halogens is 3. The van der Waals surface area contributed by atoms with Crippen molar-refractivity contribution in [3.8, 4) is 11.1 Å². The Bertz CT molecular complexity index is 488. The van der Waals surface area contributed by atoms with Gasteiger partial charge in [-0.3, -0.25) is 0 Å². The highest BCUT2D eigenvalue weighted by Crippen LogP contribution is 2.33. The van der Waals surface area contributed by atoms with Gasteiger partial charge in [0.15, 0.2) is 0 Å². The highest BCUT2D eigenvalue weighted by atomic mass is 19.4. The van der Waals surface area contributed by atoms with Gasteiger partial charge >= 0.3 is 6.18 Å². The molecule has 2 rings (SSSR count). The van der Waals surface area contributed by atoms with Gasteiger partial charge in [0.05, 0.1) is 11.8 Å². The number of alkyl halides is 3. The monoisotopic (exact) mass is 227 g/mol. The van der Waals surface area contributed by atoms with Crippen LogP contribution in [-0.4, -0.2) is 5.16 Å². The number of hydrogen-bond donors (Lipinski definition) is 0. The molecule has 0 N–H and O–H groups in total. The van der Waals surface area contributed by atoms with Gasteiger partial charge in [-0.15, -0.1) is 0 Å². The Morgan fingerprint density at radius 2 is 1.88 bits per heavy atom. The molecule has 1 heterocycles. The average molecular weight is 227 g/mol. The number of benzene rings is 1.